The summed E-state index contributed by atoms with van der Waals surface area (Å²) in [6.07, 6.45) is 0.813. The van der Waals surface area contributed by atoms with Gasteiger partial charge in [-0.25, -0.2) is 4.79 Å². The zero-order valence-corrected chi connectivity index (χ0v) is 15.1. The Balaban J connectivity index is 1.87. The molecule has 0 radical (unpaired) electrons. The van der Waals surface area contributed by atoms with Crippen molar-refractivity contribution in [2.45, 2.75) is 32.2 Å². The summed E-state index contributed by atoms with van der Waals surface area (Å²) in [5.41, 5.74) is -0.237. The van der Waals surface area contributed by atoms with Crippen molar-refractivity contribution in [3.05, 3.63) is 29.8 Å². The summed E-state index contributed by atoms with van der Waals surface area (Å²) in [4.78, 5) is 48.9. The van der Waals surface area contributed by atoms with Gasteiger partial charge in [0.25, 0.3) is 11.8 Å². The monoisotopic (exact) mass is 372 g/mol. The smallest absolute Gasteiger partial charge is 0.326 e. The van der Waals surface area contributed by atoms with Crippen LogP contribution in [-0.2, 0) is 19.1 Å². The van der Waals surface area contributed by atoms with E-state index in [9.17, 15) is 19.2 Å². The van der Waals surface area contributed by atoms with E-state index in [1.54, 1.807) is 32.0 Å². The first-order valence-electron chi connectivity index (χ1n) is 8.45. The van der Waals surface area contributed by atoms with Gasteiger partial charge in [0, 0.05) is 5.69 Å². The van der Waals surface area contributed by atoms with Crippen LogP contribution in [0.15, 0.2) is 24.3 Å². The number of carbonyl (C=O) groups is 4. The Morgan fingerprint density at radius 1 is 1.30 bits per heavy atom. The van der Waals surface area contributed by atoms with Crippen molar-refractivity contribution in [3.63, 3.8) is 0 Å². The molecule has 1 heterocycles. The molecule has 1 aliphatic heterocycles. The van der Waals surface area contributed by atoms with Crippen LogP contribution in [0.4, 0.5) is 10.5 Å². The predicted molar refractivity (Wildman–Crippen MR) is 94.3 cm³/mol. The highest BCUT2D eigenvalue weighted by Gasteiger charge is 2.49. The van der Waals surface area contributed by atoms with E-state index in [1.807, 2.05) is 6.07 Å². The molecule has 0 spiro atoms. The van der Waals surface area contributed by atoms with E-state index in [4.69, 9.17) is 10.00 Å². The number of hydrogen-bond donors (Lipinski definition) is 2. The van der Waals surface area contributed by atoms with Crippen LogP contribution in [0.2, 0.25) is 0 Å². The number of nitrogens with one attached hydrogen (secondary N) is 2. The van der Waals surface area contributed by atoms with Crippen LogP contribution in [0.5, 0.6) is 0 Å². The van der Waals surface area contributed by atoms with Gasteiger partial charge in [-0.1, -0.05) is 19.9 Å². The van der Waals surface area contributed by atoms with Crippen LogP contribution < -0.4 is 10.6 Å². The molecule has 0 unspecified atom stereocenters. The lowest BCUT2D eigenvalue weighted by atomic mass is 9.93. The number of nitrogens with zero attached hydrogens (tertiary/aromatic N) is 2. The average molecular weight is 372 g/mol. The van der Waals surface area contributed by atoms with E-state index < -0.39 is 42.5 Å². The van der Waals surface area contributed by atoms with Gasteiger partial charge in [-0.15, -0.1) is 0 Å². The molecule has 9 heteroatoms. The van der Waals surface area contributed by atoms with E-state index in [2.05, 4.69) is 10.6 Å². The summed E-state index contributed by atoms with van der Waals surface area (Å²) >= 11 is 0. The fraction of sp³-hybridized carbons (Fsp3) is 0.389. The van der Waals surface area contributed by atoms with Gasteiger partial charge in [-0.2, -0.15) is 5.26 Å². The number of imide groups is 1. The fourth-order valence-electron chi connectivity index (χ4n) is 2.73. The summed E-state index contributed by atoms with van der Waals surface area (Å²) in [5.74, 6) is -1.96. The quantitative estimate of drug-likeness (QED) is 0.546. The van der Waals surface area contributed by atoms with Crippen LogP contribution in [0, 0.1) is 11.3 Å². The van der Waals surface area contributed by atoms with Crippen LogP contribution >= 0.6 is 0 Å². The van der Waals surface area contributed by atoms with E-state index in [0.717, 1.165) is 4.90 Å². The van der Waals surface area contributed by atoms with Crippen molar-refractivity contribution >= 4 is 29.5 Å². The third-order valence-corrected chi connectivity index (χ3v) is 4.38. The summed E-state index contributed by atoms with van der Waals surface area (Å²) in [6, 6.07) is 7.54. The minimum atomic E-state index is -1.000. The Labute approximate surface area is 156 Å². The Kier molecular flexibility index (Phi) is 6.13. The normalized spacial score (nSPS) is 15.1. The summed E-state index contributed by atoms with van der Waals surface area (Å²) in [5, 5.41) is 13.9. The molecule has 0 atom stereocenters. The molecule has 9 nitrogen and oxygen atoms in total. The number of rotatable bonds is 7. The predicted octanol–water partition coefficient (Wildman–Crippen LogP) is 1.15. The van der Waals surface area contributed by atoms with Gasteiger partial charge < -0.3 is 15.4 Å². The Bertz CT molecular complexity index is 810. The molecule has 1 aliphatic rings. The lowest BCUT2D eigenvalue weighted by Gasteiger charge is -2.22. The number of hydrogen-bond acceptors (Lipinski definition) is 6. The number of nitriles is 1. The molecule has 2 rings (SSSR count). The lowest BCUT2D eigenvalue weighted by molar-refractivity contribution is -0.150. The van der Waals surface area contributed by atoms with Gasteiger partial charge >= 0.3 is 12.0 Å². The molecule has 27 heavy (non-hydrogen) atoms. The summed E-state index contributed by atoms with van der Waals surface area (Å²) < 4.78 is 4.84. The third kappa shape index (κ3) is 4.41. The minimum absolute atomic E-state index is 0.374. The van der Waals surface area contributed by atoms with Gasteiger partial charge in [0.1, 0.15) is 12.1 Å². The van der Waals surface area contributed by atoms with Gasteiger partial charge in [-0.05, 0) is 31.0 Å². The molecule has 2 N–H and O–H groups in total. The lowest BCUT2D eigenvalue weighted by Crippen LogP contribution is -2.46. The van der Waals surface area contributed by atoms with Crippen molar-refractivity contribution in [2.75, 3.05) is 18.5 Å². The highest BCUT2D eigenvalue weighted by Crippen LogP contribution is 2.24. The molecule has 1 aromatic carbocycles. The molecular weight excluding hydrogens is 352 g/mol. The first-order chi connectivity index (χ1) is 12.8. The molecular formula is C18H20N4O5. The summed E-state index contributed by atoms with van der Waals surface area (Å²) in [6.45, 7) is 2.40. The second kappa shape index (κ2) is 8.31. The first kappa shape index (κ1) is 19.9. The molecule has 0 aromatic heterocycles. The summed E-state index contributed by atoms with van der Waals surface area (Å²) in [7, 11) is 0. The maximum Gasteiger partial charge on any atom is 0.326 e. The number of urea groups is 1. The standard InChI is InChI=1S/C18H20N4O5/c1-3-18(4-2)16(25)22(17(26)21-18)10-15(24)27-11-14(23)20-13-7-5-6-12(8-13)9-19/h5-8H,3-4,10-11H2,1-2H3,(H,20,23)(H,21,26). The zero-order valence-electron chi connectivity index (χ0n) is 15.1. The maximum atomic E-state index is 12.4. The average Bonchev–Trinajstić information content (AvgIpc) is 2.91. The number of anilines is 1. The second-order valence-electron chi connectivity index (χ2n) is 6.01. The van der Waals surface area contributed by atoms with Crippen molar-refractivity contribution in [1.82, 2.24) is 10.2 Å². The number of amides is 4. The molecule has 1 fully saturated rings. The number of ether oxygens (including phenoxy) is 1. The van der Waals surface area contributed by atoms with Gasteiger partial charge in [0.2, 0.25) is 0 Å². The Morgan fingerprint density at radius 3 is 2.59 bits per heavy atom. The number of carbonyl (C=O) groups excluding carboxylic acids is 4. The van der Waals surface area contributed by atoms with E-state index in [1.165, 1.54) is 6.07 Å². The van der Waals surface area contributed by atoms with Gasteiger partial charge in [0.15, 0.2) is 6.61 Å². The largest absolute Gasteiger partial charge is 0.454 e. The van der Waals surface area contributed by atoms with Crippen LogP contribution in [0.25, 0.3) is 0 Å². The molecule has 142 valence electrons. The topological polar surface area (TPSA) is 129 Å². The highest BCUT2D eigenvalue weighted by atomic mass is 16.5. The molecule has 4 amide bonds. The molecule has 1 saturated heterocycles. The number of esters is 1. The zero-order chi connectivity index (χ0) is 20.0. The van der Waals surface area contributed by atoms with Gasteiger partial charge in [0.05, 0.1) is 11.6 Å². The van der Waals surface area contributed by atoms with Crippen molar-refractivity contribution in [1.29, 1.82) is 5.26 Å². The van der Waals surface area contributed by atoms with Crippen LogP contribution in [-0.4, -0.2) is 47.4 Å². The molecule has 0 aliphatic carbocycles. The van der Waals surface area contributed by atoms with Crippen molar-refractivity contribution < 1.29 is 23.9 Å². The van der Waals surface area contributed by atoms with Crippen LogP contribution in [0.1, 0.15) is 32.3 Å². The SMILES string of the molecule is CCC1(CC)NC(=O)N(CC(=O)OCC(=O)Nc2cccc(C#N)c2)C1=O. The van der Waals surface area contributed by atoms with E-state index in [0.29, 0.717) is 24.1 Å². The highest BCUT2D eigenvalue weighted by molar-refractivity contribution is 6.08. The Morgan fingerprint density at radius 2 is 2.00 bits per heavy atom. The van der Waals surface area contributed by atoms with E-state index in [-0.39, 0.29) is 0 Å². The molecule has 0 saturated carbocycles. The second-order valence-corrected chi connectivity index (χ2v) is 6.01. The van der Waals surface area contributed by atoms with Crippen molar-refractivity contribution in [3.8, 4) is 6.07 Å². The molecule has 1 aromatic rings. The minimum Gasteiger partial charge on any atom is -0.454 e. The van der Waals surface area contributed by atoms with E-state index >= 15 is 0 Å². The maximum absolute atomic E-state index is 12.4. The van der Waals surface area contributed by atoms with Crippen LogP contribution in [0.3, 0.4) is 0 Å². The van der Waals surface area contributed by atoms with Gasteiger partial charge in [-0.3, -0.25) is 19.3 Å². The first-order valence-corrected chi connectivity index (χ1v) is 8.45. The third-order valence-electron chi connectivity index (χ3n) is 4.38. The van der Waals surface area contributed by atoms with Crippen molar-refractivity contribution in [2.24, 2.45) is 0 Å². The fourth-order valence-corrected chi connectivity index (χ4v) is 2.73. The number of benzene rings is 1. The molecule has 0 bridgehead atoms. The Hall–Kier alpha value is -3.41.